The smallest absolute Gasteiger partial charge is 0.220 e. The summed E-state index contributed by atoms with van der Waals surface area (Å²) in [6.07, 6.45) is 0. The molecule has 0 saturated carbocycles. The van der Waals surface area contributed by atoms with Gasteiger partial charge >= 0.3 is 0 Å². The Kier molecular flexibility index (Phi) is 2.08. The van der Waals surface area contributed by atoms with Crippen molar-refractivity contribution in [3.63, 3.8) is 0 Å². The van der Waals surface area contributed by atoms with Gasteiger partial charge in [-0.2, -0.15) is 9.61 Å². The van der Waals surface area contributed by atoms with E-state index in [1.54, 1.807) is 24.3 Å². The number of fused-ring (bicyclic) bond motifs is 1. The number of nitrogens with zero attached hydrogens (tertiary/aromatic N) is 4. The second kappa shape index (κ2) is 3.47. The maximum Gasteiger partial charge on any atom is 0.220 e. The SMILES string of the molecule is Clc1ccc2nnc(-c3ccc(Cl)o3)n2n1. The van der Waals surface area contributed by atoms with Gasteiger partial charge in [-0.15, -0.1) is 10.2 Å². The molecule has 0 spiro atoms. The topological polar surface area (TPSA) is 56.2 Å². The number of hydrogen-bond donors (Lipinski definition) is 0. The lowest BCUT2D eigenvalue weighted by Crippen LogP contribution is -1.93. The molecule has 0 unspecified atom stereocenters. The van der Waals surface area contributed by atoms with Crippen molar-refractivity contribution in [2.45, 2.75) is 0 Å². The van der Waals surface area contributed by atoms with Crippen LogP contribution in [0.25, 0.3) is 17.2 Å². The Morgan fingerprint density at radius 2 is 1.94 bits per heavy atom. The number of rotatable bonds is 1. The molecule has 3 rings (SSSR count). The van der Waals surface area contributed by atoms with Crippen LogP contribution in [0.3, 0.4) is 0 Å². The summed E-state index contributed by atoms with van der Waals surface area (Å²) in [6.45, 7) is 0. The van der Waals surface area contributed by atoms with Crippen LogP contribution < -0.4 is 0 Å². The lowest BCUT2D eigenvalue weighted by Gasteiger charge is -1.95. The van der Waals surface area contributed by atoms with E-state index >= 15 is 0 Å². The van der Waals surface area contributed by atoms with Gasteiger partial charge in [0.2, 0.25) is 5.82 Å². The standard InChI is InChI=1S/C9H4Cl2N4O/c10-6-2-4-8-12-13-9(15(8)14-6)5-1-3-7(11)16-5/h1-4H. The van der Waals surface area contributed by atoms with Crippen molar-refractivity contribution in [3.8, 4) is 11.6 Å². The van der Waals surface area contributed by atoms with Crippen molar-refractivity contribution in [3.05, 3.63) is 34.6 Å². The van der Waals surface area contributed by atoms with Crippen LogP contribution in [0.5, 0.6) is 0 Å². The Morgan fingerprint density at radius 1 is 1.06 bits per heavy atom. The van der Waals surface area contributed by atoms with Gasteiger partial charge in [-0.25, -0.2) is 0 Å². The molecule has 0 N–H and O–H groups in total. The molecule has 0 saturated heterocycles. The Morgan fingerprint density at radius 3 is 2.69 bits per heavy atom. The average molecular weight is 255 g/mol. The molecule has 7 heteroatoms. The molecule has 3 aromatic heterocycles. The summed E-state index contributed by atoms with van der Waals surface area (Å²) in [5, 5.41) is 12.6. The Hall–Kier alpha value is -1.59. The van der Waals surface area contributed by atoms with E-state index in [1.165, 1.54) is 4.52 Å². The van der Waals surface area contributed by atoms with Crippen LogP contribution >= 0.6 is 23.2 Å². The molecule has 0 radical (unpaired) electrons. The van der Waals surface area contributed by atoms with Gasteiger partial charge < -0.3 is 4.42 Å². The second-order valence-electron chi connectivity index (χ2n) is 3.05. The van der Waals surface area contributed by atoms with Crippen molar-refractivity contribution in [1.82, 2.24) is 19.8 Å². The highest BCUT2D eigenvalue weighted by atomic mass is 35.5. The summed E-state index contributed by atoms with van der Waals surface area (Å²) < 4.78 is 6.73. The molecule has 5 nitrogen and oxygen atoms in total. The molecule has 3 aromatic rings. The monoisotopic (exact) mass is 254 g/mol. The quantitative estimate of drug-likeness (QED) is 0.670. The van der Waals surface area contributed by atoms with Gasteiger partial charge in [0.25, 0.3) is 0 Å². The number of furan rings is 1. The first-order valence-corrected chi connectivity index (χ1v) is 5.13. The van der Waals surface area contributed by atoms with Gasteiger partial charge in [0.1, 0.15) is 5.15 Å². The van der Waals surface area contributed by atoms with Crippen molar-refractivity contribution >= 4 is 28.8 Å². The first-order valence-electron chi connectivity index (χ1n) is 4.38. The zero-order chi connectivity index (χ0) is 11.1. The van der Waals surface area contributed by atoms with Crippen molar-refractivity contribution in [2.75, 3.05) is 0 Å². The molecule has 0 atom stereocenters. The van der Waals surface area contributed by atoms with Gasteiger partial charge in [0.05, 0.1) is 0 Å². The number of halogens is 2. The normalized spacial score (nSPS) is 11.1. The van der Waals surface area contributed by atoms with Crippen LogP contribution in [-0.4, -0.2) is 19.8 Å². The van der Waals surface area contributed by atoms with Crippen LogP contribution in [0.4, 0.5) is 0 Å². The van der Waals surface area contributed by atoms with Crippen molar-refractivity contribution in [2.24, 2.45) is 0 Å². The lowest BCUT2D eigenvalue weighted by molar-refractivity contribution is 0.576. The highest BCUT2D eigenvalue weighted by molar-refractivity contribution is 6.29. The Labute approximate surface area is 99.6 Å². The van der Waals surface area contributed by atoms with E-state index in [-0.39, 0.29) is 5.22 Å². The molecule has 0 amide bonds. The predicted molar refractivity (Wildman–Crippen MR) is 58.5 cm³/mol. The number of aromatic nitrogens is 4. The Balaban J connectivity index is 2.27. The minimum atomic E-state index is 0.286. The molecule has 3 heterocycles. The van der Waals surface area contributed by atoms with Gasteiger partial charge in [0.15, 0.2) is 16.6 Å². The van der Waals surface area contributed by atoms with Gasteiger partial charge in [-0.3, -0.25) is 0 Å². The number of hydrogen-bond acceptors (Lipinski definition) is 4. The molecular formula is C9H4Cl2N4O. The molecule has 16 heavy (non-hydrogen) atoms. The fourth-order valence-electron chi connectivity index (χ4n) is 1.35. The fourth-order valence-corrected chi connectivity index (χ4v) is 1.64. The summed E-state index contributed by atoms with van der Waals surface area (Å²) in [5.74, 6) is 0.955. The van der Waals surface area contributed by atoms with E-state index < -0.39 is 0 Å². The first kappa shape index (κ1) is 9.62. The summed E-state index contributed by atoms with van der Waals surface area (Å²) >= 11 is 11.5. The lowest BCUT2D eigenvalue weighted by atomic mass is 10.4. The van der Waals surface area contributed by atoms with E-state index in [2.05, 4.69) is 15.3 Å². The third-order valence-corrected chi connectivity index (χ3v) is 2.43. The largest absolute Gasteiger partial charge is 0.441 e. The van der Waals surface area contributed by atoms with E-state index in [0.29, 0.717) is 22.4 Å². The summed E-state index contributed by atoms with van der Waals surface area (Å²) in [6, 6.07) is 6.69. The molecule has 0 aliphatic heterocycles. The van der Waals surface area contributed by atoms with Gasteiger partial charge in [0, 0.05) is 0 Å². The van der Waals surface area contributed by atoms with Crippen LogP contribution in [0.2, 0.25) is 10.4 Å². The van der Waals surface area contributed by atoms with E-state index in [1.807, 2.05) is 0 Å². The third kappa shape index (κ3) is 1.45. The first-order chi connectivity index (χ1) is 7.74. The highest BCUT2D eigenvalue weighted by Crippen LogP contribution is 2.23. The summed E-state index contributed by atoms with van der Waals surface area (Å²) in [7, 11) is 0. The van der Waals surface area contributed by atoms with Gasteiger partial charge in [-0.1, -0.05) is 11.6 Å². The van der Waals surface area contributed by atoms with Crippen LogP contribution in [0, 0.1) is 0 Å². The molecule has 0 aliphatic rings. The minimum Gasteiger partial charge on any atom is -0.441 e. The molecule has 80 valence electrons. The van der Waals surface area contributed by atoms with Gasteiger partial charge in [-0.05, 0) is 35.9 Å². The second-order valence-corrected chi connectivity index (χ2v) is 3.81. The maximum absolute atomic E-state index is 5.80. The van der Waals surface area contributed by atoms with Crippen molar-refractivity contribution < 1.29 is 4.42 Å². The Bertz CT molecular complexity index is 660. The van der Waals surface area contributed by atoms with E-state index in [9.17, 15) is 0 Å². The highest BCUT2D eigenvalue weighted by Gasteiger charge is 2.12. The van der Waals surface area contributed by atoms with E-state index in [4.69, 9.17) is 27.6 Å². The average Bonchev–Trinajstić information content (AvgIpc) is 2.83. The molecular weight excluding hydrogens is 251 g/mol. The molecule has 0 aliphatic carbocycles. The zero-order valence-corrected chi connectivity index (χ0v) is 9.27. The van der Waals surface area contributed by atoms with Crippen LogP contribution in [-0.2, 0) is 0 Å². The summed E-state index contributed by atoms with van der Waals surface area (Å²) in [4.78, 5) is 0. The van der Waals surface area contributed by atoms with E-state index in [0.717, 1.165) is 0 Å². The summed E-state index contributed by atoms with van der Waals surface area (Å²) in [5.41, 5.74) is 0.590. The molecule has 0 aromatic carbocycles. The predicted octanol–water partition coefficient (Wildman–Crippen LogP) is 2.69. The van der Waals surface area contributed by atoms with Crippen molar-refractivity contribution in [1.29, 1.82) is 0 Å². The molecule has 0 fully saturated rings. The third-order valence-electron chi connectivity index (χ3n) is 2.02. The zero-order valence-electron chi connectivity index (χ0n) is 7.76. The van der Waals surface area contributed by atoms with Crippen LogP contribution in [0.1, 0.15) is 0 Å². The van der Waals surface area contributed by atoms with Crippen LogP contribution in [0.15, 0.2) is 28.7 Å². The molecule has 0 bridgehead atoms. The fraction of sp³-hybridized carbons (Fsp3) is 0. The maximum atomic E-state index is 5.80. The minimum absolute atomic E-state index is 0.286.